The summed E-state index contributed by atoms with van der Waals surface area (Å²) in [5, 5.41) is 5.91. The monoisotopic (exact) mass is 236 g/mol. The molecule has 0 aliphatic rings. The van der Waals surface area contributed by atoms with Crippen molar-refractivity contribution in [2.24, 2.45) is 0 Å². The second-order valence-corrected chi connectivity index (χ2v) is 4.93. The predicted molar refractivity (Wildman–Crippen MR) is 68.0 cm³/mol. The van der Waals surface area contributed by atoms with Gasteiger partial charge in [-0.05, 0) is 27.2 Å². The fourth-order valence-corrected chi connectivity index (χ4v) is 1.19. The van der Waals surface area contributed by atoms with Crippen molar-refractivity contribution >= 4 is 11.9 Å². The molecule has 0 aromatic carbocycles. The molecule has 5 nitrogen and oxygen atoms in total. The Morgan fingerprint density at radius 2 is 1.88 bits per heavy atom. The van der Waals surface area contributed by atoms with Crippen molar-refractivity contribution in [3.05, 3.63) is 18.0 Å². The molecule has 2 N–H and O–H groups in total. The summed E-state index contributed by atoms with van der Waals surface area (Å²) in [7, 11) is 0. The largest absolute Gasteiger partial charge is 0.352 e. The number of aromatic nitrogens is 2. The number of carbonyl (C=O) groups excluding carboxylic acids is 1. The Morgan fingerprint density at radius 3 is 2.35 bits per heavy atom. The summed E-state index contributed by atoms with van der Waals surface area (Å²) in [4.78, 5) is 19.8. The van der Waals surface area contributed by atoms with E-state index in [1.807, 2.05) is 27.7 Å². The molecule has 0 aliphatic heterocycles. The van der Waals surface area contributed by atoms with Crippen LogP contribution in [0.25, 0.3) is 0 Å². The molecule has 0 bridgehead atoms. The van der Waals surface area contributed by atoms with Crippen molar-refractivity contribution in [1.29, 1.82) is 0 Å². The topological polar surface area (TPSA) is 66.9 Å². The SMILES string of the molecule is CCCNC(=O)c1cnc(NC(C)(C)C)nc1. The van der Waals surface area contributed by atoms with Crippen molar-refractivity contribution in [2.75, 3.05) is 11.9 Å². The van der Waals surface area contributed by atoms with Crippen LogP contribution in [0.4, 0.5) is 5.95 Å². The van der Waals surface area contributed by atoms with E-state index in [1.54, 1.807) is 0 Å². The van der Waals surface area contributed by atoms with E-state index in [0.717, 1.165) is 6.42 Å². The van der Waals surface area contributed by atoms with E-state index >= 15 is 0 Å². The molecule has 1 heterocycles. The number of nitrogens with zero attached hydrogens (tertiary/aromatic N) is 2. The summed E-state index contributed by atoms with van der Waals surface area (Å²) in [6, 6.07) is 0. The van der Waals surface area contributed by atoms with Gasteiger partial charge in [0.25, 0.3) is 5.91 Å². The van der Waals surface area contributed by atoms with Crippen LogP contribution in [0.3, 0.4) is 0 Å². The normalized spacial score (nSPS) is 11.1. The first-order valence-electron chi connectivity index (χ1n) is 5.81. The van der Waals surface area contributed by atoms with Gasteiger partial charge in [-0.2, -0.15) is 0 Å². The van der Waals surface area contributed by atoms with Crippen LogP contribution in [0.5, 0.6) is 0 Å². The van der Waals surface area contributed by atoms with Crippen LogP contribution in [0, 0.1) is 0 Å². The molecular formula is C12H20N4O. The van der Waals surface area contributed by atoms with Crippen LogP contribution < -0.4 is 10.6 Å². The molecule has 0 fully saturated rings. The third kappa shape index (κ3) is 4.80. The van der Waals surface area contributed by atoms with Gasteiger partial charge in [0.1, 0.15) is 0 Å². The van der Waals surface area contributed by atoms with Gasteiger partial charge in [-0.3, -0.25) is 4.79 Å². The zero-order chi connectivity index (χ0) is 12.9. The van der Waals surface area contributed by atoms with Crippen LogP contribution >= 0.6 is 0 Å². The standard InChI is InChI=1S/C12H20N4O/c1-5-6-13-10(17)9-7-14-11(15-8-9)16-12(2,3)4/h7-8H,5-6H2,1-4H3,(H,13,17)(H,14,15,16). The molecule has 94 valence electrons. The Morgan fingerprint density at radius 1 is 1.29 bits per heavy atom. The zero-order valence-electron chi connectivity index (χ0n) is 10.9. The van der Waals surface area contributed by atoms with Gasteiger partial charge >= 0.3 is 0 Å². The molecule has 17 heavy (non-hydrogen) atoms. The predicted octanol–water partition coefficient (Wildman–Crippen LogP) is 1.83. The molecule has 0 saturated carbocycles. The van der Waals surface area contributed by atoms with Crippen LogP contribution in [0.15, 0.2) is 12.4 Å². The van der Waals surface area contributed by atoms with Crippen LogP contribution in [0.2, 0.25) is 0 Å². The van der Waals surface area contributed by atoms with Gasteiger partial charge in [-0.15, -0.1) is 0 Å². The van der Waals surface area contributed by atoms with Gasteiger partial charge in [0.05, 0.1) is 5.56 Å². The summed E-state index contributed by atoms with van der Waals surface area (Å²) in [5.41, 5.74) is 0.393. The number of hydrogen-bond acceptors (Lipinski definition) is 4. The minimum Gasteiger partial charge on any atom is -0.352 e. The first kappa shape index (κ1) is 13.4. The minimum absolute atomic E-state index is 0.0913. The first-order chi connectivity index (χ1) is 7.92. The summed E-state index contributed by atoms with van der Waals surface area (Å²) >= 11 is 0. The number of amides is 1. The highest BCUT2D eigenvalue weighted by atomic mass is 16.1. The summed E-state index contributed by atoms with van der Waals surface area (Å²) < 4.78 is 0. The fraction of sp³-hybridized carbons (Fsp3) is 0.583. The average Bonchev–Trinajstić information content (AvgIpc) is 2.24. The van der Waals surface area contributed by atoms with E-state index in [9.17, 15) is 4.79 Å². The van der Waals surface area contributed by atoms with Crippen molar-refractivity contribution in [1.82, 2.24) is 15.3 Å². The second-order valence-electron chi connectivity index (χ2n) is 4.93. The lowest BCUT2D eigenvalue weighted by Gasteiger charge is -2.20. The molecule has 0 atom stereocenters. The molecule has 1 aromatic heterocycles. The van der Waals surface area contributed by atoms with Crippen LogP contribution in [-0.2, 0) is 0 Å². The van der Waals surface area contributed by atoms with E-state index < -0.39 is 0 Å². The molecular weight excluding hydrogens is 216 g/mol. The highest BCUT2D eigenvalue weighted by Gasteiger charge is 2.12. The lowest BCUT2D eigenvalue weighted by atomic mass is 10.1. The number of carbonyl (C=O) groups is 1. The van der Waals surface area contributed by atoms with Crippen molar-refractivity contribution in [3.8, 4) is 0 Å². The summed E-state index contributed by atoms with van der Waals surface area (Å²) in [5.74, 6) is 0.402. The molecule has 5 heteroatoms. The number of rotatable bonds is 4. The van der Waals surface area contributed by atoms with Gasteiger partial charge in [-0.25, -0.2) is 9.97 Å². The quantitative estimate of drug-likeness (QED) is 0.837. The Hall–Kier alpha value is -1.65. The maximum Gasteiger partial charge on any atom is 0.254 e. The highest BCUT2D eigenvalue weighted by Crippen LogP contribution is 2.09. The number of anilines is 1. The fourth-order valence-electron chi connectivity index (χ4n) is 1.19. The minimum atomic E-state index is -0.130. The Bertz CT molecular complexity index is 367. The Labute approximate surface area is 102 Å². The van der Waals surface area contributed by atoms with Gasteiger partial charge < -0.3 is 10.6 Å². The number of hydrogen-bond donors (Lipinski definition) is 2. The van der Waals surface area contributed by atoms with Crippen molar-refractivity contribution < 1.29 is 4.79 Å². The van der Waals surface area contributed by atoms with Gasteiger partial charge in [0.15, 0.2) is 0 Å². The zero-order valence-corrected chi connectivity index (χ0v) is 10.9. The lowest BCUT2D eigenvalue weighted by molar-refractivity contribution is 0.0953. The maximum absolute atomic E-state index is 11.6. The average molecular weight is 236 g/mol. The Kier molecular flexibility index (Phi) is 4.43. The van der Waals surface area contributed by atoms with Crippen LogP contribution in [-0.4, -0.2) is 28.0 Å². The first-order valence-corrected chi connectivity index (χ1v) is 5.81. The van der Waals surface area contributed by atoms with E-state index in [1.165, 1.54) is 12.4 Å². The molecule has 0 unspecified atom stereocenters. The molecule has 0 spiro atoms. The van der Waals surface area contributed by atoms with Gasteiger partial charge in [0.2, 0.25) is 5.95 Å². The van der Waals surface area contributed by atoms with Gasteiger partial charge in [-0.1, -0.05) is 6.92 Å². The summed E-state index contributed by atoms with van der Waals surface area (Å²) in [6.45, 7) is 8.75. The molecule has 0 radical (unpaired) electrons. The van der Waals surface area contributed by atoms with E-state index in [0.29, 0.717) is 18.1 Å². The summed E-state index contributed by atoms with van der Waals surface area (Å²) in [6.07, 6.45) is 3.98. The maximum atomic E-state index is 11.6. The molecule has 1 amide bonds. The Balaban J connectivity index is 2.64. The van der Waals surface area contributed by atoms with E-state index in [-0.39, 0.29) is 11.4 Å². The van der Waals surface area contributed by atoms with Crippen molar-refractivity contribution in [2.45, 2.75) is 39.7 Å². The molecule has 0 saturated heterocycles. The molecule has 0 aliphatic carbocycles. The van der Waals surface area contributed by atoms with E-state index in [2.05, 4.69) is 20.6 Å². The van der Waals surface area contributed by atoms with Gasteiger partial charge in [0, 0.05) is 24.5 Å². The number of nitrogens with one attached hydrogen (secondary N) is 2. The molecule has 1 aromatic rings. The lowest BCUT2D eigenvalue weighted by Crippen LogP contribution is -2.28. The second kappa shape index (κ2) is 5.61. The van der Waals surface area contributed by atoms with Crippen LogP contribution in [0.1, 0.15) is 44.5 Å². The van der Waals surface area contributed by atoms with Crippen molar-refractivity contribution in [3.63, 3.8) is 0 Å². The molecule has 1 rings (SSSR count). The van der Waals surface area contributed by atoms with E-state index in [4.69, 9.17) is 0 Å². The smallest absolute Gasteiger partial charge is 0.254 e. The third-order valence-corrected chi connectivity index (χ3v) is 1.94. The highest BCUT2D eigenvalue weighted by molar-refractivity contribution is 5.93. The third-order valence-electron chi connectivity index (χ3n) is 1.94.